The van der Waals surface area contributed by atoms with E-state index in [2.05, 4.69) is 72.5 Å². The molecule has 34 heavy (non-hydrogen) atoms. The van der Waals surface area contributed by atoms with Crippen molar-refractivity contribution in [2.45, 2.75) is 47.9 Å². The molecule has 0 aliphatic carbocycles. The van der Waals surface area contributed by atoms with Crippen molar-refractivity contribution in [1.29, 1.82) is 0 Å². The highest BCUT2D eigenvalue weighted by Crippen LogP contribution is 2.31. The summed E-state index contributed by atoms with van der Waals surface area (Å²) in [6.07, 6.45) is 2.71. The molecule has 0 aliphatic rings. The van der Waals surface area contributed by atoms with Gasteiger partial charge in [-0.15, -0.1) is 0 Å². The standard InChI is InChI=1S/C28H27N3OS2/c1-4-21-10-12-23(13-11-21)30-27(32)26-25(34-24-14-8-19(2)9-15-24)17-29-28(31-26)33-18-22-7-5-6-20(3)16-22/h5-17H,4,18H2,1-3H3,(H,30,32). The van der Waals surface area contributed by atoms with Crippen LogP contribution in [-0.2, 0) is 12.2 Å². The summed E-state index contributed by atoms with van der Waals surface area (Å²) < 4.78 is 0. The fraction of sp³-hybridized carbons (Fsp3) is 0.179. The monoisotopic (exact) mass is 485 g/mol. The molecule has 0 bridgehead atoms. The van der Waals surface area contributed by atoms with Gasteiger partial charge in [-0.25, -0.2) is 9.97 Å². The van der Waals surface area contributed by atoms with E-state index in [9.17, 15) is 4.79 Å². The number of rotatable bonds is 8. The zero-order chi connectivity index (χ0) is 23.9. The topological polar surface area (TPSA) is 54.9 Å². The van der Waals surface area contributed by atoms with Gasteiger partial charge < -0.3 is 5.32 Å². The second-order valence-electron chi connectivity index (χ2n) is 8.06. The molecule has 172 valence electrons. The number of anilines is 1. The van der Waals surface area contributed by atoms with Gasteiger partial charge in [-0.1, -0.05) is 90.1 Å². The van der Waals surface area contributed by atoms with Crippen molar-refractivity contribution in [1.82, 2.24) is 9.97 Å². The number of hydrogen-bond acceptors (Lipinski definition) is 5. The van der Waals surface area contributed by atoms with Crippen LogP contribution in [0.1, 0.15) is 39.7 Å². The Labute approximate surface area is 209 Å². The van der Waals surface area contributed by atoms with Crippen molar-refractivity contribution in [2.24, 2.45) is 0 Å². The summed E-state index contributed by atoms with van der Waals surface area (Å²) >= 11 is 3.03. The number of carbonyl (C=O) groups excluding carboxylic acids is 1. The van der Waals surface area contributed by atoms with E-state index in [1.165, 1.54) is 45.8 Å². The summed E-state index contributed by atoms with van der Waals surface area (Å²) in [7, 11) is 0. The van der Waals surface area contributed by atoms with E-state index in [-0.39, 0.29) is 5.91 Å². The van der Waals surface area contributed by atoms with Crippen molar-refractivity contribution < 1.29 is 4.79 Å². The van der Waals surface area contributed by atoms with Gasteiger partial charge in [0.2, 0.25) is 0 Å². The first-order valence-electron chi connectivity index (χ1n) is 11.2. The molecule has 0 radical (unpaired) electrons. The zero-order valence-electron chi connectivity index (χ0n) is 19.5. The van der Waals surface area contributed by atoms with Gasteiger partial charge in [0.1, 0.15) is 5.69 Å². The first-order chi connectivity index (χ1) is 16.5. The number of thioether (sulfide) groups is 1. The molecule has 0 aliphatic heterocycles. The quantitative estimate of drug-likeness (QED) is 0.209. The van der Waals surface area contributed by atoms with Crippen molar-refractivity contribution in [3.8, 4) is 0 Å². The third-order valence-electron chi connectivity index (χ3n) is 5.27. The molecule has 4 aromatic rings. The predicted octanol–water partition coefficient (Wildman–Crippen LogP) is 7.35. The second kappa shape index (κ2) is 11.4. The van der Waals surface area contributed by atoms with Gasteiger partial charge in [0, 0.05) is 22.5 Å². The number of nitrogens with zero attached hydrogens (tertiary/aromatic N) is 2. The Kier molecular flexibility index (Phi) is 8.03. The number of amides is 1. The minimum atomic E-state index is -0.237. The van der Waals surface area contributed by atoms with Crippen molar-refractivity contribution in [3.63, 3.8) is 0 Å². The Balaban J connectivity index is 1.58. The first kappa shape index (κ1) is 24.0. The molecule has 1 heterocycles. The van der Waals surface area contributed by atoms with Crippen LogP contribution in [0.15, 0.2) is 93.9 Å². The van der Waals surface area contributed by atoms with Crippen molar-refractivity contribution in [2.75, 3.05) is 5.32 Å². The Morgan fingerprint density at radius 3 is 2.38 bits per heavy atom. The molecule has 0 saturated heterocycles. The van der Waals surface area contributed by atoms with E-state index in [1.807, 2.05) is 36.4 Å². The van der Waals surface area contributed by atoms with Crippen LogP contribution in [-0.4, -0.2) is 15.9 Å². The molecule has 0 spiro atoms. The van der Waals surface area contributed by atoms with E-state index < -0.39 is 0 Å². The summed E-state index contributed by atoms with van der Waals surface area (Å²) in [5.74, 6) is 0.504. The zero-order valence-corrected chi connectivity index (χ0v) is 21.2. The molecule has 1 aromatic heterocycles. The molecule has 0 saturated carbocycles. The van der Waals surface area contributed by atoms with E-state index in [1.54, 1.807) is 6.20 Å². The predicted molar refractivity (Wildman–Crippen MR) is 142 cm³/mol. The number of hydrogen-bond donors (Lipinski definition) is 1. The van der Waals surface area contributed by atoms with Gasteiger partial charge in [-0.2, -0.15) is 0 Å². The number of benzene rings is 3. The molecule has 4 nitrogen and oxygen atoms in total. The van der Waals surface area contributed by atoms with Crippen molar-refractivity contribution >= 4 is 35.1 Å². The van der Waals surface area contributed by atoms with Gasteiger partial charge in [0.05, 0.1) is 4.90 Å². The molecule has 0 unspecified atom stereocenters. The number of nitrogens with one attached hydrogen (secondary N) is 1. The smallest absolute Gasteiger partial charge is 0.275 e. The fourth-order valence-electron chi connectivity index (χ4n) is 3.36. The van der Waals surface area contributed by atoms with Crippen LogP contribution in [0.5, 0.6) is 0 Å². The minimum absolute atomic E-state index is 0.237. The SMILES string of the molecule is CCc1ccc(NC(=O)c2nc(SCc3cccc(C)c3)ncc2Sc2ccc(C)cc2)cc1. The average Bonchev–Trinajstić information content (AvgIpc) is 2.85. The second-order valence-corrected chi connectivity index (χ2v) is 10.1. The maximum atomic E-state index is 13.3. The Morgan fingerprint density at radius 2 is 1.68 bits per heavy atom. The van der Waals surface area contributed by atoms with Crippen LogP contribution in [0.4, 0.5) is 5.69 Å². The highest BCUT2D eigenvalue weighted by molar-refractivity contribution is 7.99. The van der Waals surface area contributed by atoms with Gasteiger partial charge in [-0.3, -0.25) is 4.79 Å². The molecular formula is C28H27N3OS2. The van der Waals surface area contributed by atoms with Crippen LogP contribution < -0.4 is 5.32 Å². The van der Waals surface area contributed by atoms with Gasteiger partial charge in [-0.05, 0) is 55.7 Å². The molecule has 0 atom stereocenters. The fourth-order valence-corrected chi connectivity index (χ4v) is 4.98. The number of carbonyl (C=O) groups is 1. The van der Waals surface area contributed by atoms with Crippen LogP contribution in [0.2, 0.25) is 0 Å². The Bertz CT molecular complexity index is 1270. The maximum absolute atomic E-state index is 13.3. The summed E-state index contributed by atoms with van der Waals surface area (Å²) in [6.45, 7) is 6.25. The normalized spacial score (nSPS) is 10.8. The third-order valence-corrected chi connectivity index (χ3v) is 7.23. The summed E-state index contributed by atoms with van der Waals surface area (Å²) in [6, 6.07) is 24.5. The largest absolute Gasteiger partial charge is 0.321 e. The lowest BCUT2D eigenvalue weighted by Crippen LogP contribution is -2.16. The molecule has 6 heteroatoms. The van der Waals surface area contributed by atoms with Crippen molar-refractivity contribution in [3.05, 3.63) is 107 Å². The summed E-state index contributed by atoms with van der Waals surface area (Å²) in [4.78, 5) is 24.3. The summed E-state index contributed by atoms with van der Waals surface area (Å²) in [5.41, 5.74) is 5.97. The van der Waals surface area contributed by atoms with E-state index >= 15 is 0 Å². The first-order valence-corrected chi connectivity index (χ1v) is 13.0. The van der Waals surface area contributed by atoms with Crippen LogP contribution >= 0.6 is 23.5 Å². The molecule has 4 rings (SSSR count). The van der Waals surface area contributed by atoms with Crippen LogP contribution in [0, 0.1) is 13.8 Å². The van der Waals surface area contributed by atoms with E-state index in [4.69, 9.17) is 0 Å². The highest BCUT2D eigenvalue weighted by Gasteiger charge is 2.17. The third kappa shape index (κ3) is 6.49. The van der Waals surface area contributed by atoms with E-state index in [0.717, 1.165) is 27.7 Å². The lowest BCUT2D eigenvalue weighted by molar-refractivity contribution is 0.101. The molecule has 1 amide bonds. The average molecular weight is 486 g/mol. The lowest BCUT2D eigenvalue weighted by Gasteiger charge is -2.11. The van der Waals surface area contributed by atoms with Gasteiger partial charge in [0.15, 0.2) is 5.16 Å². The van der Waals surface area contributed by atoms with Crippen LogP contribution in [0.3, 0.4) is 0 Å². The van der Waals surface area contributed by atoms with Crippen LogP contribution in [0.25, 0.3) is 0 Å². The Hall–Kier alpha value is -3.09. The lowest BCUT2D eigenvalue weighted by atomic mass is 10.1. The van der Waals surface area contributed by atoms with Gasteiger partial charge >= 0.3 is 0 Å². The van der Waals surface area contributed by atoms with Gasteiger partial charge in [0.25, 0.3) is 5.91 Å². The number of aryl methyl sites for hydroxylation is 3. The molecular weight excluding hydrogens is 458 g/mol. The minimum Gasteiger partial charge on any atom is -0.321 e. The summed E-state index contributed by atoms with van der Waals surface area (Å²) in [5, 5.41) is 3.59. The van der Waals surface area contributed by atoms with E-state index in [0.29, 0.717) is 10.9 Å². The molecule has 3 aromatic carbocycles. The molecule has 1 N–H and O–H groups in total. The maximum Gasteiger partial charge on any atom is 0.275 e. The molecule has 0 fully saturated rings. The Morgan fingerprint density at radius 1 is 0.912 bits per heavy atom. The highest BCUT2D eigenvalue weighted by atomic mass is 32.2. The number of aromatic nitrogens is 2.